The number of ether oxygens (including phenoxy) is 1. The lowest BCUT2D eigenvalue weighted by molar-refractivity contribution is -0.116. The molecule has 0 aliphatic heterocycles. The maximum absolute atomic E-state index is 11.3. The molecule has 0 aromatic heterocycles. The standard InChI is InChI=1S/C10H19NO2/c1-8(2)7-10(12)9(11)5-4-6-13-3/h7,9H,4-6,11H2,1-3H3. The molecule has 0 radical (unpaired) electrons. The van der Waals surface area contributed by atoms with Crippen molar-refractivity contribution in [2.24, 2.45) is 5.73 Å². The van der Waals surface area contributed by atoms with Crippen LogP contribution < -0.4 is 5.73 Å². The van der Waals surface area contributed by atoms with Crippen molar-refractivity contribution in [2.75, 3.05) is 13.7 Å². The van der Waals surface area contributed by atoms with Crippen molar-refractivity contribution in [1.82, 2.24) is 0 Å². The molecule has 0 fully saturated rings. The van der Waals surface area contributed by atoms with Crippen LogP contribution in [0.15, 0.2) is 11.6 Å². The molecule has 76 valence electrons. The van der Waals surface area contributed by atoms with Crippen LogP contribution in [0.4, 0.5) is 0 Å². The molecular weight excluding hydrogens is 166 g/mol. The van der Waals surface area contributed by atoms with Crippen LogP contribution in [0.3, 0.4) is 0 Å². The summed E-state index contributed by atoms with van der Waals surface area (Å²) in [6.07, 6.45) is 3.12. The molecule has 0 spiro atoms. The maximum Gasteiger partial charge on any atom is 0.172 e. The van der Waals surface area contributed by atoms with Gasteiger partial charge in [-0.25, -0.2) is 0 Å². The Balaban J connectivity index is 3.76. The molecule has 0 rings (SSSR count). The highest BCUT2D eigenvalue weighted by Crippen LogP contribution is 1.99. The van der Waals surface area contributed by atoms with E-state index in [0.29, 0.717) is 13.0 Å². The maximum atomic E-state index is 11.3. The molecule has 2 N–H and O–H groups in total. The second-order valence-corrected chi connectivity index (χ2v) is 3.37. The Morgan fingerprint density at radius 2 is 2.15 bits per heavy atom. The SMILES string of the molecule is COCCCC(N)C(=O)C=C(C)C. The van der Waals surface area contributed by atoms with E-state index in [2.05, 4.69) is 0 Å². The normalized spacial score (nSPS) is 12.3. The van der Waals surface area contributed by atoms with Crippen LogP contribution >= 0.6 is 0 Å². The van der Waals surface area contributed by atoms with Gasteiger partial charge in [0.25, 0.3) is 0 Å². The summed E-state index contributed by atoms with van der Waals surface area (Å²) in [7, 11) is 1.64. The molecule has 1 unspecified atom stereocenters. The van der Waals surface area contributed by atoms with E-state index in [4.69, 9.17) is 10.5 Å². The predicted molar refractivity (Wildman–Crippen MR) is 53.5 cm³/mol. The van der Waals surface area contributed by atoms with Crippen LogP contribution in [-0.2, 0) is 9.53 Å². The lowest BCUT2D eigenvalue weighted by Gasteiger charge is -2.07. The first-order valence-corrected chi connectivity index (χ1v) is 4.51. The molecule has 0 saturated heterocycles. The average Bonchev–Trinajstić information content (AvgIpc) is 2.03. The fourth-order valence-corrected chi connectivity index (χ4v) is 0.981. The molecule has 0 aliphatic carbocycles. The van der Waals surface area contributed by atoms with Gasteiger partial charge in [0.15, 0.2) is 5.78 Å². The van der Waals surface area contributed by atoms with Gasteiger partial charge in [-0.3, -0.25) is 4.79 Å². The van der Waals surface area contributed by atoms with E-state index in [1.165, 1.54) is 0 Å². The number of carbonyl (C=O) groups is 1. The first-order chi connectivity index (χ1) is 6.07. The third kappa shape index (κ3) is 6.49. The summed E-state index contributed by atoms with van der Waals surface area (Å²) in [6.45, 7) is 4.44. The molecule has 0 bridgehead atoms. The van der Waals surface area contributed by atoms with Gasteiger partial charge in [-0.05, 0) is 32.8 Å². The van der Waals surface area contributed by atoms with Crippen LogP contribution in [0.25, 0.3) is 0 Å². The first-order valence-electron chi connectivity index (χ1n) is 4.51. The summed E-state index contributed by atoms with van der Waals surface area (Å²) in [5.41, 5.74) is 6.65. The Hall–Kier alpha value is -0.670. The summed E-state index contributed by atoms with van der Waals surface area (Å²) in [5.74, 6) is 0.0103. The summed E-state index contributed by atoms with van der Waals surface area (Å²) in [6, 6.07) is -0.370. The van der Waals surface area contributed by atoms with E-state index in [1.54, 1.807) is 13.2 Å². The first kappa shape index (κ1) is 12.3. The van der Waals surface area contributed by atoms with Gasteiger partial charge in [-0.15, -0.1) is 0 Å². The Morgan fingerprint density at radius 3 is 2.62 bits per heavy atom. The fraction of sp³-hybridized carbons (Fsp3) is 0.700. The Labute approximate surface area is 79.9 Å². The zero-order valence-corrected chi connectivity index (χ0v) is 8.67. The van der Waals surface area contributed by atoms with Crippen molar-refractivity contribution < 1.29 is 9.53 Å². The number of hydrogen-bond donors (Lipinski definition) is 1. The Bertz CT molecular complexity index is 183. The van der Waals surface area contributed by atoms with Gasteiger partial charge in [-0.1, -0.05) is 5.57 Å². The van der Waals surface area contributed by atoms with Gasteiger partial charge in [0.1, 0.15) is 0 Å². The fourth-order valence-electron chi connectivity index (χ4n) is 0.981. The zero-order chi connectivity index (χ0) is 10.3. The molecule has 0 aromatic carbocycles. The topological polar surface area (TPSA) is 52.3 Å². The van der Waals surface area contributed by atoms with Crippen molar-refractivity contribution >= 4 is 5.78 Å². The molecule has 0 aliphatic rings. The number of carbonyl (C=O) groups excluding carboxylic acids is 1. The quantitative estimate of drug-likeness (QED) is 0.501. The number of rotatable bonds is 6. The van der Waals surface area contributed by atoms with Crippen molar-refractivity contribution in [3.63, 3.8) is 0 Å². The van der Waals surface area contributed by atoms with Crippen LogP contribution in [0, 0.1) is 0 Å². The van der Waals surface area contributed by atoms with Gasteiger partial charge in [0.05, 0.1) is 6.04 Å². The minimum atomic E-state index is -0.370. The highest BCUT2D eigenvalue weighted by molar-refractivity contribution is 5.94. The summed E-state index contributed by atoms with van der Waals surface area (Å²) in [4.78, 5) is 11.3. The molecule has 13 heavy (non-hydrogen) atoms. The predicted octanol–water partition coefficient (Wildman–Crippen LogP) is 1.28. The monoisotopic (exact) mass is 185 g/mol. The van der Waals surface area contributed by atoms with Crippen molar-refractivity contribution in [3.05, 3.63) is 11.6 Å². The van der Waals surface area contributed by atoms with Crippen LogP contribution in [0.5, 0.6) is 0 Å². The lowest BCUT2D eigenvalue weighted by atomic mass is 10.1. The van der Waals surface area contributed by atoms with E-state index in [9.17, 15) is 4.79 Å². The smallest absolute Gasteiger partial charge is 0.172 e. The van der Waals surface area contributed by atoms with Gasteiger partial charge in [0, 0.05) is 13.7 Å². The Kier molecular flexibility index (Phi) is 6.45. The minimum Gasteiger partial charge on any atom is -0.385 e. The van der Waals surface area contributed by atoms with Crippen LogP contribution in [0.1, 0.15) is 26.7 Å². The number of ketones is 1. The Morgan fingerprint density at radius 1 is 1.54 bits per heavy atom. The molecule has 3 nitrogen and oxygen atoms in total. The highest BCUT2D eigenvalue weighted by atomic mass is 16.5. The third-order valence-electron chi connectivity index (χ3n) is 1.66. The van der Waals surface area contributed by atoms with Gasteiger partial charge >= 0.3 is 0 Å². The van der Waals surface area contributed by atoms with E-state index in [-0.39, 0.29) is 11.8 Å². The highest BCUT2D eigenvalue weighted by Gasteiger charge is 2.09. The largest absolute Gasteiger partial charge is 0.385 e. The van der Waals surface area contributed by atoms with Gasteiger partial charge in [0.2, 0.25) is 0 Å². The summed E-state index contributed by atoms with van der Waals surface area (Å²) in [5, 5.41) is 0. The van der Waals surface area contributed by atoms with Gasteiger partial charge < -0.3 is 10.5 Å². The van der Waals surface area contributed by atoms with Crippen molar-refractivity contribution in [2.45, 2.75) is 32.7 Å². The molecule has 0 heterocycles. The molecule has 0 aromatic rings. The third-order valence-corrected chi connectivity index (χ3v) is 1.66. The second kappa shape index (κ2) is 6.80. The summed E-state index contributed by atoms with van der Waals surface area (Å²) < 4.78 is 4.87. The van der Waals surface area contributed by atoms with E-state index < -0.39 is 0 Å². The average molecular weight is 185 g/mol. The number of nitrogens with two attached hydrogens (primary N) is 1. The zero-order valence-electron chi connectivity index (χ0n) is 8.67. The minimum absolute atomic E-state index is 0.0103. The van der Waals surface area contributed by atoms with Crippen molar-refractivity contribution in [3.8, 4) is 0 Å². The number of hydrogen-bond acceptors (Lipinski definition) is 3. The number of allylic oxidation sites excluding steroid dienone is 1. The molecule has 0 amide bonds. The van der Waals surface area contributed by atoms with Gasteiger partial charge in [-0.2, -0.15) is 0 Å². The van der Waals surface area contributed by atoms with E-state index in [1.807, 2.05) is 13.8 Å². The number of methoxy groups -OCH3 is 1. The van der Waals surface area contributed by atoms with Crippen LogP contribution in [-0.4, -0.2) is 25.5 Å². The van der Waals surface area contributed by atoms with Crippen LogP contribution in [0.2, 0.25) is 0 Å². The van der Waals surface area contributed by atoms with Crippen molar-refractivity contribution in [1.29, 1.82) is 0 Å². The second-order valence-electron chi connectivity index (χ2n) is 3.37. The molecule has 0 saturated carbocycles. The molecule has 1 atom stereocenters. The molecular formula is C10H19NO2. The van der Waals surface area contributed by atoms with E-state index in [0.717, 1.165) is 12.0 Å². The molecule has 3 heteroatoms. The lowest BCUT2D eigenvalue weighted by Crippen LogP contribution is -2.29. The van der Waals surface area contributed by atoms with E-state index >= 15 is 0 Å². The summed E-state index contributed by atoms with van der Waals surface area (Å²) >= 11 is 0.